The second-order valence-electron chi connectivity index (χ2n) is 11.7. The zero-order valence-electron chi connectivity index (χ0n) is 25.3. The molecule has 7 aromatic carbocycles. The molecule has 0 amide bonds. The lowest BCUT2D eigenvalue weighted by atomic mass is 9.88. The third kappa shape index (κ3) is 4.84. The van der Waals surface area contributed by atoms with Crippen LogP contribution in [0.25, 0.3) is 88.8 Å². The first-order valence-electron chi connectivity index (χ1n) is 15.7. The van der Waals surface area contributed by atoms with E-state index >= 15 is 0 Å². The van der Waals surface area contributed by atoms with Gasteiger partial charge in [0.05, 0.1) is 11.2 Å². The number of oxazole rings is 1. The van der Waals surface area contributed by atoms with Crippen LogP contribution in [0, 0.1) is 0 Å². The Morgan fingerprint density at radius 1 is 0.426 bits per heavy atom. The highest BCUT2D eigenvalue weighted by Gasteiger charge is 2.16. The Morgan fingerprint density at radius 2 is 1.15 bits per heavy atom. The number of benzene rings is 7. The first-order chi connectivity index (χ1) is 23.3. The molecule has 0 bridgehead atoms. The minimum absolute atomic E-state index is 0.708. The van der Waals surface area contributed by atoms with Crippen LogP contribution >= 0.6 is 0 Å². The second kappa shape index (κ2) is 11.2. The lowest BCUT2D eigenvalue weighted by Crippen LogP contribution is -1.95. The summed E-state index contributed by atoms with van der Waals surface area (Å²) in [7, 11) is 0. The zero-order chi connectivity index (χ0) is 31.2. The van der Waals surface area contributed by atoms with Crippen LogP contribution in [0.5, 0.6) is 0 Å². The van der Waals surface area contributed by atoms with E-state index in [-0.39, 0.29) is 0 Å². The van der Waals surface area contributed by atoms with Crippen molar-refractivity contribution in [2.24, 2.45) is 0 Å². The molecular formula is C43H27N3O. The molecule has 0 saturated heterocycles. The molecule has 0 radical (unpaired) electrons. The van der Waals surface area contributed by atoms with Crippen molar-refractivity contribution in [3.8, 4) is 56.0 Å². The van der Waals surface area contributed by atoms with Crippen molar-refractivity contribution in [2.75, 3.05) is 0 Å². The SMILES string of the molecule is c1ccc(-c2nc(-c3cccc(-c4ccc5ccccc5c4-c4ccc(-c5ccc6ncoc6c5)cc4)c3)nc3ccccc23)cc1. The Balaban J connectivity index is 1.18. The first-order valence-corrected chi connectivity index (χ1v) is 15.7. The fourth-order valence-corrected chi connectivity index (χ4v) is 6.53. The smallest absolute Gasteiger partial charge is 0.181 e. The van der Waals surface area contributed by atoms with Gasteiger partial charge in [-0.25, -0.2) is 15.0 Å². The third-order valence-electron chi connectivity index (χ3n) is 8.85. The molecule has 4 nitrogen and oxygen atoms in total. The maximum atomic E-state index is 5.56. The van der Waals surface area contributed by atoms with E-state index in [1.54, 1.807) is 0 Å². The van der Waals surface area contributed by atoms with Gasteiger partial charge in [0.1, 0.15) is 5.52 Å². The molecule has 0 unspecified atom stereocenters. The Hall–Kier alpha value is -6.39. The first kappa shape index (κ1) is 27.0. The van der Waals surface area contributed by atoms with E-state index in [1.165, 1.54) is 22.7 Å². The van der Waals surface area contributed by atoms with Crippen molar-refractivity contribution in [1.29, 1.82) is 0 Å². The lowest BCUT2D eigenvalue weighted by Gasteiger charge is -2.16. The predicted molar refractivity (Wildman–Crippen MR) is 192 cm³/mol. The molecular weight excluding hydrogens is 574 g/mol. The average molecular weight is 602 g/mol. The van der Waals surface area contributed by atoms with Gasteiger partial charge in [0.25, 0.3) is 0 Å². The molecule has 0 aliphatic carbocycles. The summed E-state index contributed by atoms with van der Waals surface area (Å²) in [5.41, 5.74) is 12.4. The number of hydrogen-bond donors (Lipinski definition) is 0. The van der Waals surface area contributed by atoms with Crippen molar-refractivity contribution in [1.82, 2.24) is 15.0 Å². The van der Waals surface area contributed by atoms with Crippen molar-refractivity contribution in [3.63, 3.8) is 0 Å². The minimum atomic E-state index is 0.708. The maximum absolute atomic E-state index is 5.56. The highest BCUT2D eigenvalue weighted by atomic mass is 16.3. The van der Waals surface area contributed by atoms with Gasteiger partial charge in [0.15, 0.2) is 17.8 Å². The van der Waals surface area contributed by atoms with Gasteiger partial charge in [-0.15, -0.1) is 0 Å². The fraction of sp³-hybridized carbons (Fsp3) is 0. The topological polar surface area (TPSA) is 51.8 Å². The summed E-state index contributed by atoms with van der Waals surface area (Å²) in [4.78, 5) is 14.4. The number of nitrogens with zero attached hydrogens (tertiary/aromatic N) is 3. The summed E-state index contributed by atoms with van der Waals surface area (Å²) in [6, 6.07) is 55.1. The van der Waals surface area contributed by atoms with Crippen molar-refractivity contribution >= 4 is 32.8 Å². The molecule has 2 heterocycles. The largest absolute Gasteiger partial charge is 0.443 e. The van der Waals surface area contributed by atoms with E-state index in [9.17, 15) is 0 Å². The van der Waals surface area contributed by atoms with Crippen LogP contribution < -0.4 is 0 Å². The fourth-order valence-electron chi connectivity index (χ4n) is 6.53. The van der Waals surface area contributed by atoms with Crippen LogP contribution in [0.1, 0.15) is 0 Å². The van der Waals surface area contributed by atoms with Crippen LogP contribution in [0.15, 0.2) is 169 Å². The number of rotatable bonds is 5. The molecule has 9 rings (SSSR count). The molecule has 0 spiro atoms. The molecule has 0 saturated carbocycles. The van der Waals surface area contributed by atoms with Crippen LogP contribution in [-0.4, -0.2) is 15.0 Å². The maximum Gasteiger partial charge on any atom is 0.181 e. The van der Waals surface area contributed by atoms with E-state index in [1.807, 2.05) is 30.3 Å². The molecule has 0 aliphatic rings. The number of hydrogen-bond acceptors (Lipinski definition) is 4. The third-order valence-corrected chi connectivity index (χ3v) is 8.85. The average Bonchev–Trinajstić information content (AvgIpc) is 3.63. The molecule has 4 heteroatoms. The predicted octanol–water partition coefficient (Wildman–Crippen LogP) is 11.3. The monoisotopic (exact) mass is 601 g/mol. The van der Waals surface area contributed by atoms with Gasteiger partial charge in [0.2, 0.25) is 0 Å². The quantitative estimate of drug-likeness (QED) is 0.197. The van der Waals surface area contributed by atoms with Crippen LogP contribution in [0.3, 0.4) is 0 Å². The van der Waals surface area contributed by atoms with E-state index in [0.29, 0.717) is 5.82 Å². The van der Waals surface area contributed by atoms with Gasteiger partial charge < -0.3 is 4.42 Å². The summed E-state index contributed by atoms with van der Waals surface area (Å²) in [6.45, 7) is 0. The van der Waals surface area contributed by atoms with Gasteiger partial charge in [-0.3, -0.25) is 0 Å². The van der Waals surface area contributed by atoms with E-state index < -0.39 is 0 Å². The zero-order valence-corrected chi connectivity index (χ0v) is 25.3. The molecule has 9 aromatic rings. The standard InChI is InChI=1S/C43H27N3O/c1-2-10-31(11-3-1)42-37-15-6-7-16-38(37)45-43(46-42)34-13-8-12-33(25-34)36-23-21-29-9-4-5-14-35(29)41(36)30-19-17-28(18-20-30)32-22-24-39-40(26-32)47-27-44-39/h1-27H. The van der Waals surface area contributed by atoms with Crippen LogP contribution in [0.2, 0.25) is 0 Å². The Morgan fingerprint density at radius 3 is 2.04 bits per heavy atom. The summed E-state index contributed by atoms with van der Waals surface area (Å²) in [5.74, 6) is 0.708. The summed E-state index contributed by atoms with van der Waals surface area (Å²) >= 11 is 0. The van der Waals surface area contributed by atoms with Crippen LogP contribution in [0.4, 0.5) is 0 Å². The Labute approximate surface area is 271 Å². The van der Waals surface area contributed by atoms with Gasteiger partial charge in [-0.1, -0.05) is 133 Å². The molecule has 220 valence electrons. The highest BCUT2D eigenvalue weighted by Crippen LogP contribution is 2.40. The van der Waals surface area contributed by atoms with Crippen LogP contribution in [-0.2, 0) is 0 Å². The van der Waals surface area contributed by atoms with Gasteiger partial charge in [0, 0.05) is 16.5 Å². The Kier molecular flexibility index (Phi) is 6.43. The summed E-state index contributed by atoms with van der Waals surface area (Å²) in [5, 5.41) is 3.45. The number of aromatic nitrogens is 3. The summed E-state index contributed by atoms with van der Waals surface area (Å²) < 4.78 is 5.56. The van der Waals surface area contributed by atoms with Crippen molar-refractivity contribution in [3.05, 3.63) is 164 Å². The van der Waals surface area contributed by atoms with E-state index in [0.717, 1.165) is 66.6 Å². The molecule has 0 aliphatic heterocycles. The number of fused-ring (bicyclic) bond motifs is 3. The molecule has 0 fully saturated rings. The summed E-state index contributed by atoms with van der Waals surface area (Å²) in [6.07, 6.45) is 1.49. The molecule has 47 heavy (non-hydrogen) atoms. The van der Waals surface area contributed by atoms with Gasteiger partial charge >= 0.3 is 0 Å². The number of para-hydroxylation sites is 1. The highest BCUT2D eigenvalue weighted by molar-refractivity contribution is 6.04. The minimum Gasteiger partial charge on any atom is -0.443 e. The molecule has 2 aromatic heterocycles. The van der Waals surface area contributed by atoms with Crippen molar-refractivity contribution in [2.45, 2.75) is 0 Å². The lowest BCUT2D eigenvalue weighted by molar-refractivity contribution is 0.602. The molecule has 0 N–H and O–H groups in total. The second-order valence-corrected chi connectivity index (χ2v) is 11.7. The van der Waals surface area contributed by atoms with E-state index in [4.69, 9.17) is 14.4 Å². The van der Waals surface area contributed by atoms with E-state index in [2.05, 4.69) is 132 Å². The van der Waals surface area contributed by atoms with Gasteiger partial charge in [-0.2, -0.15) is 0 Å². The Bertz CT molecular complexity index is 2570. The van der Waals surface area contributed by atoms with Crippen molar-refractivity contribution < 1.29 is 4.42 Å². The molecule has 0 atom stereocenters. The normalized spacial score (nSPS) is 11.4. The van der Waals surface area contributed by atoms with Gasteiger partial charge in [-0.05, 0) is 68.4 Å².